The normalized spacial score (nSPS) is 23.3. The smallest absolute Gasteiger partial charge is 0.218 e. The molecule has 0 amide bonds. The number of aromatic nitrogens is 1. The highest BCUT2D eigenvalue weighted by molar-refractivity contribution is 9.10. The first kappa shape index (κ1) is 12.4. The molecule has 2 heterocycles. The van der Waals surface area contributed by atoms with Crippen molar-refractivity contribution >= 4 is 15.9 Å². The van der Waals surface area contributed by atoms with E-state index in [-0.39, 0.29) is 6.10 Å². The molecule has 3 rings (SSSR count). The molecule has 1 N–H and O–H groups in total. The Kier molecular flexibility index (Phi) is 3.82. The van der Waals surface area contributed by atoms with Crippen LogP contribution in [-0.2, 0) is 11.3 Å². The number of halogens is 1. The second-order valence-electron chi connectivity index (χ2n) is 4.88. The summed E-state index contributed by atoms with van der Waals surface area (Å²) in [5, 5.41) is 3.49. The Morgan fingerprint density at radius 2 is 2.33 bits per heavy atom. The number of nitrogens with one attached hydrogen (secondary N) is 1. The van der Waals surface area contributed by atoms with E-state index in [1.54, 1.807) is 6.20 Å². The molecule has 4 nitrogen and oxygen atoms in total. The first-order valence-corrected chi connectivity index (χ1v) is 7.23. The third-order valence-electron chi connectivity index (χ3n) is 3.22. The first-order valence-electron chi connectivity index (χ1n) is 6.43. The average molecular weight is 313 g/mol. The van der Waals surface area contributed by atoms with Gasteiger partial charge in [0.1, 0.15) is 6.10 Å². The lowest BCUT2D eigenvalue weighted by Crippen LogP contribution is -2.20. The van der Waals surface area contributed by atoms with Crippen molar-refractivity contribution < 1.29 is 9.47 Å². The Bertz CT molecular complexity index is 417. The lowest BCUT2D eigenvalue weighted by atomic mass is 10.2. The van der Waals surface area contributed by atoms with Gasteiger partial charge in [0, 0.05) is 35.2 Å². The highest BCUT2D eigenvalue weighted by atomic mass is 79.9. The number of nitrogens with zero attached hydrogens (tertiary/aromatic N) is 1. The largest absolute Gasteiger partial charge is 0.472 e. The SMILES string of the molecule is Brc1cnc(OC2CCOC2)c(CNC2CC2)c1. The molecule has 1 saturated carbocycles. The lowest BCUT2D eigenvalue weighted by molar-refractivity contribution is 0.137. The van der Waals surface area contributed by atoms with Crippen molar-refractivity contribution in [2.45, 2.75) is 38.0 Å². The van der Waals surface area contributed by atoms with Gasteiger partial charge in [-0.05, 0) is 34.8 Å². The summed E-state index contributed by atoms with van der Waals surface area (Å²) in [5.41, 5.74) is 1.11. The van der Waals surface area contributed by atoms with E-state index in [9.17, 15) is 0 Å². The first-order chi connectivity index (χ1) is 8.81. The van der Waals surface area contributed by atoms with Gasteiger partial charge in [-0.2, -0.15) is 0 Å². The minimum absolute atomic E-state index is 0.151. The van der Waals surface area contributed by atoms with Gasteiger partial charge in [-0.25, -0.2) is 4.98 Å². The Hall–Kier alpha value is -0.650. The van der Waals surface area contributed by atoms with Gasteiger partial charge in [-0.15, -0.1) is 0 Å². The Labute approximate surface area is 115 Å². The van der Waals surface area contributed by atoms with E-state index >= 15 is 0 Å². The molecule has 2 fully saturated rings. The molecular formula is C13H17BrN2O2. The number of hydrogen-bond donors (Lipinski definition) is 1. The fraction of sp³-hybridized carbons (Fsp3) is 0.615. The number of ether oxygens (including phenoxy) is 2. The summed E-state index contributed by atoms with van der Waals surface area (Å²) in [4.78, 5) is 4.38. The van der Waals surface area contributed by atoms with E-state index < -0.39 is 0 Å². The number of hydrogen-bond acceptors (Lipinski definition) is 4. The van der Waals surface area contributed by atoms with Crippen LogP contribution in [-0.4, -0.2) is 30.3 Å². The summed E-state index contributed by atoms with van der Waals surface area (Å²) >= 11 is 3.46. The minimum atomic E-state index is 0.151. The highest BCUT2D eigenvalue weighted by Gasteiger charge is 2.22. The molecule has 2 aliphatic rings. The maximum Gasteiger partial charge on any atom is 0.218 e. The predicted molar refractivity (Wildman–Crippen MR) is 71.7 cm³/mol. The molecular weight excluding hydrogens is 296 g/mol. The molecule has 0 aromatic carbocycles. The quantitative estimate of drug-likeness (QED) is 0.905. The van der Waals surface area contributed by atoms with Crippen molar-refractivity contribution in [2.24, 2.45) is 0 Å². The van der Waals surface area contributed by atoms with Gasteiger partial charge in [0.2, 0.25) is 5.88 Å². The third kappa shape index (κ3) is 3.22. The van der Waals surface area contributed by atoms with Crippen LogP contribution in [0.4, 0.5) is 0 Å². The van der Waals surface area contributed by atoms with Gasteiger partial charge in [0.25, 0.3) is 0 Å². The summed E-state index contributed by atoms with van der Waals surface area (Å²) in [6.45, 7) is 2.28. The minimum Gasteiger partial charge on any atom is -0.472 e. The lowest BCUT2D eigenvalue weighted by Gasteiger charge is -2.15. The molecule has 0 spiro atoms. The van der Waals surface area contributed by atoms with Crippen LogP contribution in [0.2, 0.25) is 0 Å². The summed E-state index contributed by atoms with van der Waals surface area (Å²) in [7, 11) is 0. The Morgan fingerprint density at radius 1 is 1.44 bits per heavy atom. The summed E-state index contributed by atoms with van der Waals surface area (Å²) in [6, 6.07) is 2.76. The maximum absolute atomic E-state index is 5.92. The van der Waals surface area contributed by atoms with E-state index in [0.29, 0.717) is 12.6 Å². The van der Waals surface area contributed by atoms with Gasteiger partial charge in [-0.1, -0.05) is 0 Å². The van der Waals surface area contributed by atoms with E-state index in [0.717, 1.165) is 35.5 Å². The second kappa shape index (κ2) is 5.55. The van der Waals surface area contributed by atoms with E-state index in [4.69, 9.17) is 9.47 Å². The van der Waals surface area contributed by atoms with Crippen LogP contribution in [0.3, 0.4) is 0 Å². The van der Waals surface area contributed by atoms with Crippen LogP contribution in [0.25, 0.3) is 0 Å². The molecule has 1 aromatic heterocycles. The molecule has 0 radical (unpaired) electrons. The van der Waals surface area contributed by atoms with Crippen molar-refractivity contribution in [3.8, 4) is 5.88 Å². The zero-order valence-corrected chi connectivity index (χ0v) is 11.8. The van der Waals surface area contributed by atoms with Gasteiger partial charge in [0.15, 0.2) is 0 Å². The number of pyridine rings is 1. The van der Waals surface area contributed by atoms with Gasteiger partial charge < -0.3 is 14.8 Å². The third-order valence-corrected chi connectivity index (χ3v) is 3.65. The Morgan fingerprint density at radius 3 is 3.06 bits per heavy atom. The summed E-state index contributed by atoms with van der Waals surface area (Å²) < 4.78 is 12.2. The van der Waals surface area contributed by atoms with Crippen molar-refractivity contribution in [3.63, 3.8) is 0 Å². The second-order valence-corrected chi connectivity index (χ2v) is 5.79. The fourth-order valence-electron chi connectivity index (χ4n) is 2.01. The number of rotatable bonds is 5. The van der Waals surface area contributed by atoms with Crippen molar-refractivity contribution in [1.29, 1.82) is 0 Å². The van der Waals surface area contributed by atoms with Crippen LogP contribution in [0, 0.1) is 0 Å². The molecule has 1 aromatic rings. The molecule has 1 aliphatic heterocycles. The molecule has 18 heavy (non-hydrogen) atoms. The summed E-state index contributed by atoms with van der Waals surface area (Å²) in [5.74, 6) is 0.738. The molecule has 0 bridgehead atoms. The molecule has 98 valence electrons. The average Bonchev–Trinajstić information content (AvgIpc) is 3.06. The standard InChI is InChI=1S/C13H17BrN2O2/c14-10-5-9(6-15-11-1-2-11)13(16-7-10)18-12-3-4-17-8-12/h5,7,11-12,15H,1-4,6,8H2. The van der Waals surface area contributed by atoms with Gasteiger partial charge in [-0.3, -0.25) is 0 Å². The molecule has 5 heteroatoms. The monoisotopic (exact) mass is 312 g/mol. The molecule has 1 atom stereocenters. The van der Waals surface area contributed by atoms with Crippen molar-refractivity contribution in [2.75, 3.05) is 13.2 Å². The van der Waals surface area contributed by atoms with Crippen molar-refractivity contribution in [3.05, 3.63) is 22.3 Å². The van der Waals surface area contributed by atoms with Crippen LogP contribution in [0.15, 0.2) is 16.7 Å². The fourth-order valence-corrected chi connectivity index (χ4v) is 2.39. The van der Waals surface area contributed by atoms with Crippen LogP contribution < -0.4 is 10.1 Å². The van der Waals surface area contributed by atoms with E-state index in [2.05, 4.69) is 32.3 Å². The maximum atomic E-state index is 5.92. The topological polar surface area (TPSA) is 43.4 Å². The Balaban J connectivity index is 1.69. The van der Waals surface area contributed by atoms with Gasteiger partial charge >= 0.3 is 0 Å². The molecule has 1 aliphatic carbocycles. The van der Waals surface area contributed by atoms with Gasteiger partial charge in [0.05, 0.1) is 13.2 Å². The highest BCUT2D eigenvalue weighted by Crippen LogP contribution is 2.25. The van der Waals surface area contributed by atoms with E-state index in [1.165, 1.54) is 12.8 Å². The van der Waals surface area contributed by atoms with Crippen molar-refractivity contribution in [1.82, 2.24) is 10.3 Å². The summed E-state index contributed by atoms with van der Waals surface area (Å²) in [6.07, 6.45) is 5.46. The van der Waals surface area contributed by atoms with Crippen LogP contribution >= 0.6 is 15.9 Å². The zero-order chi connectivity index (χ0) is 12.4. The van der Waals surface area contributed by atoms with Crippen LogP contribution in [0.1, 0.15) is 24.8 Å². The molecule has 1 saturated heterocycles. The predicted octanol–water partition coefficient (Wildman–Crippen LogP) is 2.26. The van der Waals surface area contributed by atoms with E-state index in [1.807, 2.05) is 0 Å². The zero-order valence-electron chi connectivity index (χ0n) is 10.2. The van der Waals surface area contributed by atoms with Crippen LogP contribution in [0.5, 0.6) is 5.88 Å². The molecule has 1 unspecified atom stereocenters.